The molecule has 4 saturated carbocycles. The van der Waals surface area contributed by atoms with Gasteiger partial charge < -0.3 is 14.4 Å². The van der Waals surface area contributed by atoms with Crippen molar-refractivity contribution in [1.29, 1.82) is 0 Å². The van der Waals surface area contributed by atoms with Crippen molar-refractivity contribution in [1.82, 2.24) is 0 Å². The lowest BCUT2D eigenvalue weighted by Gasteiger charge is -2.62. The van der Waals surface area contributed by atoms with Gasteiger partial charge in [-0.2, -0.15) is 0 Å². The van der Waals surface area contributed by atoms with Crippen LogP contribution in [0.25, 0.3) is 0 Å². The van der Waals surface area contributed by atoms with Crippen molar-refractivity contribution in [3.05, 3.63) is 30.3 Å². The fraction of sp³-hybridized carbons (Fsp3) is 0.778. The molecule has 1 aromatic carbocycles. The van der Waals surface area contributed by atoms with Crippen LogP contribution < -0.4 is 5.46 Å². The van der Waals surface area contributed by atoms with Crippen LogP contribution in [-0.4, -0.2) is 30.0 Å². The Morgan fingerprint density at radius 2 is 1.71 bits per heavy atom. The summed E-state index contributed by atoms with van der Waals surface area (Å²) in [5.74, 6) is 3.12. The Morgan fingerprint density at radius 1 is 0.935 bits per heavy atom. The maximum absolute atomic E-state index is 10.3. The van der Waals surface area contributed by atoms with Crippen LogP contribution in [0.5, 0.6) is 0 Å². The lowest BCUT2D eigenvalue weighted by Crippen LogP contribution is -2.59. The van der Waals surface area contributed by atoms with Gasteiger partial charge in [-0.15, -0.1) is 0 Å². The smallest absolute Gasteiger partial charge is 0.402 e. The van der Waals surface area contributed by atoms with Crippen LogP contribution in [-0.2, 0) is 9.31 Å². The minimum absolute atomic E-state index is 0.0574. The molecule has 1 aliphatic heterocycles. The summed E-state index contributed by atoms with van der Waals surface area (Å²) in [7, 11) is -0.224. The Hall–Kier alpha value is -0.835. The van der Waals surface area contributed by atoms with E-state index in [2.05, 4.69) is 51.1 Å². The first-order valence-electron chi connectivity index (χ1n) is 12.9. The zero-order chi connectivity index (χ0) is 21.4. The summed E-state index contributed by atoms with van der Waals surface area (Å²) in [4.78, 5) is 0. The van der Waals surface area contributed by atoms with E-state index in [4.69, 9.17) is 9.31 Å². The lowest BCUT2D eigenvalue weighted by molar-refractivity contribution is -0.155. The van der Waals surface area contributed by atoms with Gasteiger partial charge in [0.25, 0.3) is 0 Å². The van der Waals surface area contributed by atoms with Crippen LogP contribution in [0.1, 0.15) is 78.6 Å². The highest BCUT2D eigenvalue weighted by Gasteiger charge is 2.69. The van der Waals surface area contributed by atoms with Gasteiger partial charge in [0.1, 0.15) is 0 Å². The average molecular weight is 422 g/mol. The highest BCUT2D eigenvalue weighted by atomic mass is 16.7. The molecule has 1 aromatic rings. The van der Waals surface area contributed by atoms with Gasteiger partial charge in [-0.25, -0.2) is 0 Å². The van der Waals surface area contributed by atoms with E-state index in [0.29, 0.717) is 5.41 Å². The minimum Gasteiger partial charge on any atom is -0.402 e. The molecule has 0 radical (unpaired) electrons. The molecule has 4 aliphatic carbocycles. The largest absolute Gasteiger partial charge is 0.494 e. The predicted octanol–water partition coefficient (Wildman–Crippen LogP) is 4.96. The average Bonchev–Trinajstić information content (AvgIpc) is 3.27. The number of aliphatic hydroxyl groups excluding tert-OH is 1. The highest BCUT2D eigenvalue weighted by Crippen LogP contribution is 2.70. The first kappa shape index (κ1) is 20.7. The van der Waals surface area contributed by atoms with E-state index >= 15 is 0 Å². The molecule has 0 aromatic heterocycles. The Balaban J connectivity index is 1.29. The number of aliphatic hydroxyl groups is 1. The third-order valence-corrected chi connectivity index (χ3v) is 11.2. The number of fused-ring (bicyclic) bond motifs is 6. The molecule has 6 rings (SSSR count). The Bertz CT molecular complexity index is 831. The summed E-state index contributed by atoms with van der Waals surface area (Å²) in [6.07, 6.45) is 11.0. The second-order valence-electron chi connectivity index (χ2n) is 12.1. The predicted molar refractivity (Wildman–Crippen MR) is 124 cm³/mol. The molecule has 168 valence electrons. The quantitative estimate of drug-likeness (QED) is 0.651. The molecule has 0 amide bonds. The van der Waals surface area contributed by atoms with Crippen LogP contribution >= 0.6 is 0 Å². The van der Waals surface area contributed by atoms with E-state index in [1.165, 1.54) is 38.5 Å². The number of rotatable bonds is 1. The molecule has 1 saturated heterocycles. The minimum atomic E-state index is -0.224. The van der Waals surface area contributed by atoms with Crippen LogP contribution in [0.3, 0.4) is 0 Å². The molecule has 0 bridgehead atoms. The van der Waals surface area contributed by atoms with Gasteiger partial charge in [0.05, 0.1) is 17.8 Å². The van der Waals surface area contributed by atoms with Crippen molar-refractivity contribution in [2.24, 2.45) is 34.5 Å². The summed E-state index contributed by atoms with van der Waals surface area (Å²) in [6, 6.07) is 10.5. The molecule has 1 spiro atoms. The van der Waals surface area contributed by atoms with Crippen molar-refractivity contribution in [3.8, 4) is 0 Å². The normalized spacial score (nSPS) is 51.4. The molecule has 9 atom stereocenters. The summed E-state index contributed by atoms with van der Waals surface area (Å²) in [5, 5.41) is 10.3. The fourth-order valence-corrected chi connectivity index (χ4v) is 9.50. The molecular formula is C27H39BO3. The first-order valence-corrected chi connectivity index (χ1v) is 12.9. The molecule has 31 heavy (non-hydrogen) atoms. The zero-order valence-corrected chi connectivity index (χ0v) is 19.6. The molecule has 1 N–H and O–H groups in total. The van der Waals surface area contributed by atoms with E-state index in [0.717, 1.165) is 48.4 Å². The van der Waals surface area contributed by atoms with Gasteiger partial charge in [-0.1, -0.05) is 44.2 Å². The maximum Gasteiger partial charge on any atom is 0.494 e. The van der Waals surface area contributed by atoms with Gasteiger partial charge in [0.2, 0.25) is 0 Å². The van der Waals surface area contributed by atoms with Gasteiger partial charge in [0.15, 0.2) is 0 Å². The molecule has 4 heteroatoms. The van der Waals surface area contributed by atoms with Crippen molar-refractivity contribution >= 4 is 12.6 Å². The van der Waals surface area contributed by atoms with Crippen molar-refractivity contribution in [2.75, 3.05) is 0 Å². The van der Waals surface area contributed by atoms with Gasteiger partial charge in [-0.05, 0) is 99.3 Å². The SMILES string of the molecule is C[C@@H]1OB(c2ccccc2)O[C@@]12CC[C@H]1[C@@H]3CC[C@@H]4C[C@H](O)CC[C@]4(C)[C@H]3CC[C@@]12C. The maximum atomic E-state index is 10.3. The summed E-state index contributed by atoms with van der Waals surface area (Å²) >= 11 is 0. The van der Waals surface area contributed by atoms with Crippen molar-refractivity contribution in [3.63, 3.8) is 0 Å². The summed E-state index contributed by atoms with van der Waals surface area (Å²) in [6.45, 7) is 7.40. The van der Waals surface area contributed by atoms with Gasteiger partial charge >= 0.3 is 7.12 Å². The molecule has 3 nitrogen and oxygen atoms in total. The van der Waals surface area contributed by atoms with E-state index < -0.39 is 0 Å². The topological polar surface area (TPSA) is 38.7 Å². The molecule has 1 heterocycles. The number of hydrogen-bond acceptors (Lipinski definition) is 3. The Kier molecular flexibility index (Phi) is 4.74. The van der Waals surface area contributed by atoms with E-state index in [1.807, 2.05) is 0 Å². The van der Waals surface area contributed by atoms with Crippen molar-refractivity contribution in [2.45, 2.75) is 96.4 Å². The zero-order valence-electron chi connectivity index (χ0n) is 19.6. The lowest BCUT2D eigenvalue weighted by atomic mass is 9.44. The van der Waals surface area contributed by atoms with Crippen molar-refractivity contribution < 1.29 is 14.4 Å². The third-order valence-electron chi connectivity index (χ3n) is 11.2. The molecule has 5 fully saturated rings. The van der Waals surface area contributed by atoms with E-state index in [-0.39, 0.29) is 30.3 Å². The second-order valence-corrected chi connectivity index (χ2v) is 12.1. The molecular weight excluding hydrogens is 383 g/mol. The summed E-state index contributed by atoms with van der Waals surface area (Å²) in [5.41, 5.74) is 1.64. The van der Waals surface area contributed by atoms with Gasteiger partial charge in [-0.3, -0.25) is 0 Å². The first-order chi connectivity index (χ1) is 14.9. The highest BCUT2D eigenvalue weighted by molar-refractivity contribution is 6.62. The van der Waals surface area contributed by atoms with Crippen LogP contribution in [0.15, 0.2) is 30.3 Å². The number of benzene rings is 1. The second kappa shape index (κ2) is 7.08. The molecule has 5 aliphatic rings. The van der Waals surface area contributed by atoms with Crippen LogP contribution in [0, 0.1) is 34.5 Å². The van der Waals surface area contributed by atoms with Crippen LogP contribution in [0.4, 0.5) is 0 Å². The standard InChI is InChI=1S/C27H39BO3/c1-18-27(31-28(30-18)20-7-5-4-6-8-20)16-13-24-22-10-9-19-17-21(29)11-14-25(19,2)23(22)12-15-26(24,27)3/h4-8,18-19,21-24,29H,9-17H2,1-3H3/t18-,19+,21+,22+,23-,24-,25-,26-,27-/m0/s1. The molecule has 0 unspecified atom stereocenters. The Morgan fingerprint density at radius 3 is 2.52 bits per heavy atom. The monoisotopic (exact) mass is 422 g/mol. The van der Waals surface area contributed by atoms with E-state index in [9.17, 15) is 5.11 Å². The Labute approximate surface area is 188 Å². The summed E-state index contributed by atoms with van der Waals surface area (Å²) < 4.78 is 13.5. The van der Waals surface area contributed by atoms with E-state index in [1.54, 1.807) is 0 Å². The fourth-order valence-electron chi connectivity index (χ4n) is 9.50. The van der Waals surface area contributed by atoms with Crippen LogP contribution in [0.2, 0.25) is 0 Å². The van der Waals surface area contributed by atoms with Gasteiger partial charge in [0, 0.05) is 5.41 Å². The third kappa shape index (κ3) is 2.77. The number of hydrogen-bond donors (Lipinski definition) is 1.